The highest BCUT2D eigenvalue weighted by Gasteiger charge is 2.28. The fraction of sp³-hybridized carbons (Fsp3) is 0.857. The van der Waals surface area contributed by atoms with Crippen LogP contribution in [0.25, 0.3) is 0 Å². The Balaban J connectivity index is 1.75. The number of nitrogens with zero attached hydrogens (tertiary/aromatic N) is 3. The maximum absolute atomic E-state index is 12.3. The van der Waals surface area contributed by atoms with Gasteiger partial charge in [-0.2, -0.15) is 5.26 Å². The molecule has 1 heterocycles. The lowest BCUT2D eigenvalue weighted by Gasteiger charge is -2.36. The normalized spacial score (nSPS) is 22.7. The fourth-order valence-electron chi connectivity index (χ4n) is 3.01. The zero-order valence-electron chi connectivity index (χ0n) is 11.1. The molecule has 1 saturated heterocycles. The second-order valence-corrected chi connectivity index (χ2v) is 5.41. The molecule has 0 N–H and O–H groups in total. The minimum Gasteiger partial charge on any atom is -0.340 e. The van der Waals surface area contributed by atoms with Crippen molar-refractivity contribution in [3.63, 3.8) is 0 Å². The SMILES string of the molecule is N#CCCN1CCN(C(=O)C2CCCCC2)CC1. The largest absolute Gasteiger partial charge is 0.340 e. The van der Waals surface area contributed by atoms with Gasteiger partial charge in [0.15, 0.2) is 0 Å². The van der Waals surface area contributed by atoms with Crippen LogP contribution in [0.4, 0.5) is 0 Å². The monoisotopic (exact) mass is 249 g/mol. The summed E-state index contributed by atoms with van der Waals surface area (Å²) in [6.45, 7) is 4.41. The third-order valence-corrected chi connectivity index (χ3v) is 4.18. The highest BCUT2D eigenvalue weighted by molar-refractivity contribution is 5.79. The van der Waals surface area contributed by atoms with Gasteiger partial charge < -0.3 is 4.90 Å². The first kappa shape index (κ1) is 13.4. The second kappa shape index (κ2) is 6.75. The third kappa shape index (κ3) is 3.46. The number of carbonyl (C=O) groups is 1. The molecule has 0 unspecified atom stereocenters. The van der Waals surface area contributed by atoms with Gasteiger partial charge in [0.1, 0.15) is 0 Å². The molecule has 0 aromatic heterocycles. The molecule has 1 amide bonds. The van der Waals surface area contributed by atoms with Gasteiger partial charge in [0.25, 0.3) is 0 Å². The maximum Gasteiger partial charge on any atom is 0.225 e. The average molecular weight is 249 g/mol. The Morgan fingerprint density at radius 2 is 1.78 bits per heavy atom. The van der Waals surface area contributed by atoms with Crippen molar-refractivity contribution in [2.24, 2.45) is 5.92 Å². The van der Waals surface area contributed by atoms with Gasteiger partial charge in [0.2, 0.25) is 5.91 Å². The van der Waals surface area contributed by atoms with Crippen LogP contribution >= 0.6 is 0 Å². The van der Waals surface area contributed by atoms with Crippen molar-refractivity contribution in [1.29, 1.82) is 5.26 Å². The van der Waals surface area contributed by atoms with E-state index >= 15 is 0 Å². The average Bonchev–Trinajstić information content (AvgIpc) is 2.46. The van der Waals surface area contributed by atoms with E-state index in [1.807, 2.05) is 4.90 Å². The molecule has 18 heavy (non-hydrogen) atoms. The topological polar surface area (TPSA) is 47.3 Å². The van der Waals surface area contributed by atoms with Crippen LogP contribution in [0.5, 0.6) is 0 Å². The first-order valence-corrected chi connectivity index (χ1v) is 7.19. The highest BCUT2D eigenvalue weighted by atomic mass is 16.2. The number of nitriles is 1. The molecule has 0 aromatic carbocycles. The van der Waals surface area contributed by atoms with Crippen LogP contribution in [0.1, 0.15) is 38.5 Å². The Kier molecular flexibility index (Phi) is 5.00. The van der Waals surface area contributed by atoms with Crippen LogP contribution in [0.15, 0.2) is 0 Å². The number of carbonyl (C=O) groups excluding carboxylic acids is 1. The van der Waals surface area contributed by atoms with Gasteiger partial charge in [0.05, 0.1) is 6.07 Å². The van der Waals surface area contributed by atoms with Crippen molar-refractivity contribution in [2.75, 3.05) is 32.7 Å². The summed E-state index contributed by atoms with van der Waals surface area (Å²) in [5.41, 5.74) is 0. The minimum absolute atomic E-state index is 0.296. The van der Waals surface area contributed by atoms with Gasteiger partial charge in [-0.3, -0.25) is 9.69 Å². The van der Waals surface area contributed by atoms with Crippen molar-refractivity contribution in [2.45, 2.75) is 38.5 Å². The lowest BCUT2D eigenvalue weighted by atomic mass is 9.88. The predicted octanol–water partition coefficient (Wildman–Crippen LogP) is 1.62. The lowest BCUT2D eigenvalue weighted by molar-refractivity contribution is -0.138. The molecular formula is C14H23N3O. The predicted molar refractivity (Wildman–Crippen MR) is 69.8 cm³/mol. The number of rotatable bonds is 3. The molecule has 1 saturated carbocycles. The van der Waals surface area contributed by atoms with E-state index in [0.717, 1.165) is 45.6 Å². The van der Waals surface area contributed by atoms with E-state index in [9.17, 15) is 4.79 Å². The fourth-order valence-corrected chi connectivity index (χ4v) is 3.01. The van der Waals surface area contributed by atoms with Gasteiger partial charge in [-0.25, -0.2) is 0 Å². The molecule has 0 spiro atoms. The summed E-state index contributed by atoms with van der Waals surface area (Å²) in [6.07, 6.45) is 6.51. The first-order valence-electron chi connectivity index (χ1n) is 7.19. The van der Waals surface area contributed by atoms with Crippen LogP contribution in [0.2, 0.25) is 0 Å². The second-order valence-electron chi connectivity index (χ2n) is 5.41. The third-order valence-electron chi connectivity index (χ3n) is 4.18. The molecule has 4 nitrogen and oxygen atoms in total. The van der Waals surface area contributed by atoms with Crippen LogP contribution in [0.3, 0.4) is 0 Å². The van der Waals surface area contributed by atoms with Crippen LogP contribution < -0.4 is 0 Å². The molecule has 2 fully saturated rings. The molecule has 2 rings (SSSR count). The van der Waals surface area contributed by atoms with Crippen LogP contribution in [-0.2, 0) is 4.79 Å². The lowest BCUT2D eigenvalue weighted by Crippen LogP contribution is -2.50. The van der Waals surface area contributed by atoms with Gasteiger partial charge in [-0.05, 0) is 12.8 Å². The Bertz CT molecular complexity index is 309. The van der Waals surface area contributed by atoms with Gasteiger partial charge in [-0.1, -0.05) is 19.3 Å². The summed E-state index contributed by atoms with van der Waals surface area (Å²) in [5, 5.41) is 8.57. The zero-order chi connectivity index (χ0) is 12.8. The van der Waals surface area contributed by atoms with Crippen molar-refractivity contribution >= 4 is 5.91 Å². The summed E-state index contributed by atoms with van der Waals surface area (Å²) in [6, 6.07) is 2.18. The van der Waals surface area contributed by atoms with E-state index in [-0.39, 0.29) is 0 Å². The van der Waals surface area contributed by atoms with E-state index in [2.05, 4.69) is 11.0 Å². The van der Waals surface area contributed by atoms with Gasteiger partial charge in [0, 0.05) is 45.1 Å². The van der Waals surface area contributed by atoms with Gasteiger partial charge >= 0.3 is 0 Å². The molecule has 1 aliphatic heterocycles. The smallest absolute Gasteiger partial charge is 0.225 e. The van der Waals surface area contributed by atoms with Crippen LogP contribution in [-0.4, -0.2) is 48.4 Å². The Morgan fingerprint density at radius 1 is 1.11 bits per heavy atom. The molecule has 100 valence electrons. The van der Waals surface area contributed by atoms with Crippen molar-refractivity contribution < 1.29 is 4.79 Å². The summed E-state index contributed by atoms with van der Waals surface area (Å²) >= 11 is 0. The molecule has 0 atom stereocenters. The first-order chi connectivity index (χ1) is 8.81. The zero-order valence-corrected chi connectivity index (χ0v) is 11.1. The summed E-state index contributed by atoms with van der Waals surface area (Å²) in [7, 11) is 0. The molecule has 4 heteroatoms. The summed E-state index contributed by atoms with van der Waals surface area (Å²) < 4.78 is 0. The van der Waals surface area contributed by atoms with E-state index in [0.29, 0.717) is 18.2 Å². The number of hydrogen-bond acceptors (Lipinski definition) is 3. The standard InChI is InChI=1S/C14H23N3O/c15-7-4-8-16-9-11-17(12-10-16)14(18)13-5-2-1-3-6-13/h13H,1-6,8-12H2. The quantitative estimate of drug-likeness (QED) is 0.763. The van der Waals surface area contributed by atoms with E-state index < -0.39 is 0 Å². The minimum atomic E-state index is 0.296. The van der Waals surface area contributed by atoms with Gasteiger partial charge in [-0.15, -0.1) is 0 Å². The molecule has 0 aromatic rings. The summed E-state index contributed by atoms with van der Waals surface area (Å²) in [4.78, 5) is 16.7. The highest BCUT2D eigenvalue weighted by Crippen LogP contribution is 2.25. The molecule has 0 bridgehead atoms. The van der Waals surface area contributed by atoms with Crippen LogP contribution in [0, 0.1) is 17.2 Å². The molecule has 2 aliphatic rings. The Morgan fingerprint density at radius 3 is 2.39 bits per heavy atom. The van der Waals surface area contributed by atoms with Crippen molar-refractivity contribution in [3.8, 4) is 6.07 Å². The van der Waals surface area contributed by atoms with Crippen molar-refractivity contribution in [3.05, 3.63) is 0 Å². The van der Waals surface area contributed by atoms with E-state index in [1.165, 1.54) is 19.3 Å². The summed E-state index contributed by atoms with van der Waals surface area (Å²) in [5.74, 6) is 0.680. The molecular weight excluding hydrogens is 226 g/mol. The van der Waals surface area contributed by atoms with Crippen molar-refractivity contribution in [1.82, 2.24) is 9.80 Å². The maximum atomic E-state index is 12.3. The molecule has 1 aliphatic carbocycles. The van der Waals surface area contributed by atoms with E-state index in [1.54, 1.807) is 0 Å². The number of amides is 1. The van der Waals surface area contributed by atoms with E-state index in [4.69, 9.17) is 5.26 Å². The molecule has 0 radical (unpaired) electrons. The Labute approximate surface area is 110 Å². The number of hydrogen-bond donors (Lipinski definition) is 0. The number of piperazine rings is 1. The Hall–Kier alpha value is -1.08.